The van der Waals surface area contributed by atoms with Crippen molar-refractivity contribution in [3.05, 3.63) is 12.7 Å². The maximum atomic E-state index is 9.04. The number of aliphatic hydroxyl groups excluding tert-OH is 1. The molecule has 11 nitrogen and oxygen atoms in total. The number of hydrazine groups is 1. The molecule has 0 amide bonds. The smallest absolute Gasteiger partial charge is 0.258 e. The van der Waals surface area contributed by atoms with Crippen LogP contribution in [0, 0.1) is 0 Å². The average molecular weight is 295 g/mol. The van der Waals surface area contributed by atoms with Crippen LogP contribution in [0.2, 0.25) is 0 Å². The number of nitrogens with zero attached hydrogens (tertiary/aromatic N) is 6. The molecular formula is C10H17N9O2. The van der Waals surface area contributed by atoms with E-state index in [2.05, 4.69) is 35.8 Å². The summed E-state index contributed by atoms with van der Waals surface area (Å²) in [6.45, 7) is 0.417. The van der Waals surface area contributed by atoms with Gasteiger partial charge in [0.25, 0.3) is 5.95 Å². The van der Waals surface area contributed by atoms with Crippen LogP contribution < -0.4 is 16.6 Å². The lowest BCUT2D eigenvalue weighted by atomic mass is 10.2. The molecule has 2 aromatic heterocycles. The molecule has 0 aliphatic heterocycles. The molecule has 5 N–H and O–H groups in total. The van der Waals surface area contributed by atoms with Gasteiger partial charge in [-0.25, -0.2) is 10.8 Å². The molecule has 0 aromatic carbocycles. The highest BCUT2D eigenvalue weighted by Crippen LogP contribution is 2.09. The van der Waals surface area contributed by atoms with Gasteiger partial charge in [0.05, 0.1) is 12.6 Å². The normalized spacial score (nSPS) is 12.1. The summed E-state index contributed by atoms with van der Waals surface area (Å²) in [7, 11) is 1.58. The highest BCUT2D eigenvalue weighted by Gasteiger charge is 2.13. The molecule has 21 heavy (non-hydrogen) atoms. The van der Waals surface area contributed by atoms with E-state index in [1.165, 1.54) is 17.3 Å². The van der Waals surface area contributed by atoms with Crippen molar-refractivity contribution < 1.29 is 9.84 Å². The molecule has 0 aliphatic carbocycles. The number of methoxy groups -OCH3 is 1. The van der Waals surface area contributed by atoms with Crippen LogP contribution in [0.15, 0.2) is 12.7 Å². The zero-order chi connectivity index (χ0) is 15.1. The topological polar surface area (TPSA) is 149 Å². The van der Waals surface area contributed by atoms with E-state index in [1.807, 2.05) is 0 Å². The quantitative estimate of drug-likeness (QED) is 0.336. The van der Waals surface area contributed by atoms with Gasteiger partial charge < -0.3 is 15.2 Å². The van der Waals surface area contributed by atoms with Gasteiger partial charge in [-0.05, 0) is 6.42 Å². The third-order valence-electron chi connectivity index (χ3n) is 2.56. The molecule has 2 heterocycles. The zero-order valence-electron chi connectivity index (χ0n) is 11.5. The van der Waals surface area contributed by atoms with Crippen LogP contribution in [0.3, 0.4) is 0 Å². The molecule has 0 bridgehead atoms. The van der Waals surface area contributed by atoms with Crippen molar-refractivity contribution in [1.82, 2.24) is 29.7 Å². The van der Waals surface area contributed by atoms with E-state index >= 15 is 0 Å². The Labute approximate surface area is 120 Å². The molecule has 2 aromatic rings. The molecule has 1 unspecified atom stereocenters. The number of aromatic nitrogens is 6. The monoisotopic (exact) mass is 295 g/mol. The second-order valence-corrected chi connectivity index (χ2v) is 4.08. The van der Waals surface area contributed by atoms with Crippen molar-refractivity contribution in [2.24, 2.45) is 5.84 Å². The number of nitrogens with two attached hydrogens (primary N) is 1. The van der Waals surface area contributed by atoms with E-state index in [1.54, 1.807) is 7.11 Å². The summed E-state index contributed by atoms with van der Waals surface area (Å²) in [6.07, 6.45) is 3.31. The number of ether oxygens (including phenoxy) is 1. The van der Waals surface area contributed by atoms with Gasteiger partial charge in [0, 0.05) is 13.7 Å². The Morgan fingerprint density at radius 3 is 2.81 bits per heavy atom. The predicted octanol–water partition coefficient (Wildman–Crippen LogP) is -1.45. The third-order valence-corrected chi connectivity index (χ3v) is 2.56. The number of nitrogen functional groups attached to an aromatic ring is 1. The summed E-state index contributed by atoms with van der Waals surface area (Å²) in [5.41, 5.74) is 2.36. The second-order valence-electron chi connectivity index (χ2n) is 4.08. The van der Waals surface area contributed by atoms with E-state index in [0.717, 1.165) is 0 Å². The van der Waals surface area contributed by atoms with Crippen LogP contribution in [0.1, 0.15) is 6.42 Å². The average Bonchev–Trinajstić information content (AvgIpc) is 3.01. The molecular weight excluding hydrogens is 278 g/mol. The Morgan fingerprint density at radius 1 is 1.38 bits per heavy atom. The minimum Gasteiger partial charge on any atom is -0.396 e. The highest BCUT2D eigenvalue weighted by molar-refractivity contribution is 5.37. The van der Waals surface area contributed by atoms with Crippen molar-refractivity contribution in [2.75, 3.05) is 31.1 Å². The summed E-state index contributed by atoms with van der Waals surface area (Å²) in [6, 6.07) is -0.142. The number of nitrogens with one attached hydrogen (secondary N) is 2. The van der Waals surface area contributed by atoms with Crippen LogP contribution in [0.4, 0.5) is 11.9 Å². The van der Waals surface area contributed by atoms with Gasteiger partial charge in [0.2, 0.25) is 11.9 Å². The van der Waals surface area contributed by atoms with Crippen LogP contribution >= 0.6 is 0 Å². The number of anilines is 2. The molecule has 114 valence electrons. The summed E-state index contributed by atoms with van der Waals surface area (Å²) >= 11 is 0. The Balaban J connectivity index is 2.23. The molecule has 0 spiro atoms. The first-order valence-electron chi connectivity index (χ1n) is 6.21. The molecule has 0 aliphatic rings. The molecule has 0 radical (unpaired) electrons. The Morgan fingerprint density at radius 2 is 2.19 bits per heavy atom. The second kappa shape index (κ2) is 7.42. The Bertz CT molecular complexity index is 541. The van der Waals surface area contributed by atoms with Gasteiger partial charge in [-0.3, -0.25) is 5.43 Å². The SMILES string of the molecule is COCC(CCO)Nc1nc(NN)nc(-n2cncn2)n1. The van der Waals surface area contributed by atoms with Gasteiger partial charge in [-0.1, -0.05) is 0 Å². The van der Waals surface area contributed by atoms with Gasteiger partial charge in [-0.2, -0.15) is 24.7 Å². The zero-order valence-corrected chi connectivity index (χ0v) is 11.5. The summed E-state index contributed by atoms with van der Waals surface area (Å²) in [5.74, 6) is 6.08. The van der Waals surface area contributed by atoms with Crippen LogP contribution in [-0.4, -0.2) is 61.2 Å². The maximum Gasteiger partial charge on any atom is 0.258 e. The fourth-order valence-corrected chi connectivity index (χ4v) is 1.64. The van der Waals surface area contributed by atoms with E-state index in [0.29, 0.717) is 19.0 Å². The summed E-state index contributed by atoms with van der Waals surface area (Å²) in [4.78, 5) is 16.2. The minimum atomic E-state index is -0.142. The van der Waals surface area contributed by atoms with Gasteiger partial charge in [0.15, 0.2) is 0 Å². The predicted molar refractivity (Wildman–Crippen MR) is 73.5 cm³/mol. The van der Waals surface area contributed by atoms with E-state index in [9.17, 15) is 0 Å². The first-order valence-corrected chi connectivity index (χ1v) is 6.21. The number of hydrogen-bond donors (Lipinski definition) is 4. The Kier molecular flexibility index (Phi) is 5.31. The summed E-state index contributed by atoms with van der Waals surface area (Å²) in [5, 5.41) is 16.0. The Hall–Kier alpha value is -2.37. The highest BCUT2D eigenvalue weighted by atomic mass is 16.5. The maximum absolute atomic E-state index is 9.04. The van der Waals surface area contributed by atoms with Crippen molar-refractivity contribution >= 4 is 11.9 Å². The number of hydrogen-bond acceptors (Lipinski definition) is 10. The first kappa shape index (κ1) is 15.0. The fraction of sp³-hybridized carbons (Fsp3) is 0.500. The molecule has 0 saturated carbocycles. The van der Waals surface area contributed by atoms with Crippen LogP contribution in [0.25, 0.3) is 5.95 Å². The lowest BCUT2D eigenvalue weighted by molar-refractivity contribution is 0.170. The van der Waals surface area contributed by atoms with Gasteiger partial charge in [-0.15, -0.1) is 0 Å². The van der Waals surface area contributed by atoms with E-state index in [4.69, 9.17) is 15.7 Å². The van der Waals surface area contributed by atoms with Crippen molar-refractivity contribution in [3.63, 3.8) is 0 Å². The van der Waals surface area contributed by atoms with Gasteiger partial charge in [0.1, 0.15) is 12.7 Å². The molecule has 0 saturated heterocycles. The van der Waals surface area contributed by atoms with Crippen LogP contribution in [0.5, 0.6) is 0 Å². The molecule has 0 fully saturated rings. The lowest BCUT2D eigenvalue weighted by Crippen LogP contribution is -2.28. The lowest BCUT2D eigenvalue weighted by Gasteiger charge is -2.17. The number of rotatable bonds is 8. The largest absolute Gasteiger partial charge is 0.396 e. The number of aliphatic hydroxyl groups is 1. The standard InChI is InChI=1S/C10H17N9O2/c1-21-4-7(2-3-20)14-8-15-9(18-11)17-10(16-8)19-6-12-5-13-19/h5-7,20H,2-4,11H2,1H3,(H2,14,15,16,17,18). The van der Waals surface area contributed by atoms with E-state index < -0.39 is 0 Å². The van der Waals surface area contributed by atoms with Gasteiger partial charge >= 0.3 is 0 Å². The molecule has 11 heteroatoms. The van der Waals surface area contributed by atoms with E-state index in [-0.39, 0.29) is 24.5 Å². The molecule has 1 atom stereocenters. The van der Waals surface area contributed by atoms with Crippen molar-refractivity contribution in [1.29, 1.82) is 0 Å². The third kappa shape index (κ3) is 4.05. The minimum absolute atomic E-state index is 0.0179. The molecule has 2 rings (SSSR count). The van der Waals surface area contributed by atoms with Crippen LogP contribution in [-0.2, 0) is 4.74 Å². The summed E-state index contributed by atoms with van der Waals surface area (Å²) < 4.78 is 6.46. The van der Waals surface area contributed by atoms with Crippen molar-refractivity contribution in [3.8, 4) is 5.95 Å². The first-order chi connectivity index (χ1) is 10.3. The fourth-order valence-electron chi connectivity index (χ4n) is 1.64. The van der Waals surface area contributed by atoms with Crippen molar-refractivity contribution in [2.45, 2.75) is 12.5 Å².